The summed E-state index contributed by atoms with van der Waals surface area (Å²) in [5.41, 5.74) is 1.15. The third kappa shape index (κ3) is 4.70. The van der Waals surface area contributed by atoms with Crippen molar-refractivity contribution >= 4 is 5.69 Å². The Morgan fingerprint density at radius 3 is 2.33 bits per heavy atom. The van der Waals surface area contributed by atoms with Crippen LogP contribution in [0.15, 0.2) is 24.3 Å². The highest BCUT2D eigenvalue weighted by molar-refractivity contribution is 5.46. The number of nitrogens with one attached hydrogen (secondary N) is 2. The molecule has 0 heterocycles. The van der Waals surface area contributed by atoms with Crippen molar-refractivity contribution in [3.63, 3.8) is 0 Å². The van der Waals surface area contributed by atoms with Crippen molar-refractivity contribution in [3.05, 3.63) is 24.3 Å². The number of benzene rings is 1. The summed E-state index contributed by atoms with van der Waals surface area (Å²) in [5.74, 6) is 0.899. The van der Waals surface area contributed by atoms with Gasteiger partial charge < -0.3 is 15.4 Å². The van der Waals surface area contributed by atoms with E-state index in [2.05, 4.69) is 10.6 Å². The van der Waals surface area contributed by atoms with Crippen LogP contribution in [0.5, 0.6) is 5.75 Å². The second kappa shape index (κ2) is 7.12. The van der Waals surface area contributed by atoms with E-state index in [0.29, 0.717) is 0 Å². The zero-order valence-corrected chi connectivity index (χ0v) is 9.55. The molecule has 15 heavy (non-hydrogen) atoms. The van der Waals surface area contributed by atoms with Gasteiger partial charge in [0.1, 0.15) is 5.75 Å². The smallest absolute Gasteiger partial charge is 0.119 e. The van der Waals surface area contributed by atoms with E-state index < -0.39 is 0 Å². The number of rotatable bonds is 7. The van der Waals surface area contributed by atoms with Crippen LogP contribution in [-0.4, -0.2) is 27.2 Å². The number of hydrogen-bond acceptors (Lipinski definition) is 3. The van der Waals surface area contributed by atoms with E-state index >= 15 is 0 Å². The van der Waals surface area contributed by atoms with Crippen molar-refractivity contribution in [1.82, 2.24) is 5.32 Å². The van der Waals surface area contributed by atoms with E-state index in [1.807, 2.05) is 31.3 Å². The highest BCUT2D eigenvalue weighted by Gasteiger charge is 1.93. The summed E-state index contributed by atoms with van der Waals surface area (Å²) in [6.07, 6.45) is 2.40. The van der Waals surface area contributed by atoms with Crippen LogP contribution in [0.2, 0.25) is 0 Å². The summed E-state index contributed by atoms with van der Waals surface area (Å²) in [5, 5.41) is 6.51. The number of methoxy groups -OCH3 is 1. The van der Waals surface area contributed by atoms with E-state index in [0.717, 1.165) is 24.5 Å². The molecule has 0 aliphatic heterocycles. The van der Waals surface area contributed by atoms with Crippen LogP contribution in [0.1, 0.15) is 12.8 Å². The van der Waals surface area contributed by atoms with Gasteiger partial charge in [-0.1, -0.05) is 0 Å². The molecule has 84 valence electrons. The van der Waals surface area contributed by atoms with Gasteiger partial charge >= 0.3 is 0 Å². The van der Waals surface area contributed by atoms with Crippen molar-refractivity contribution in [2.24, 2.45) is 0 Å². The van der Waals surface area contributed by atoms with Gasteiger partial charge in [-0.15, -0.1) is 0 Å². The van der Waals surface area contributed by atoms with Crippen molar-refractivity contribution in [3.8, 4) is 5.75 Å². The first-order chi connectivity index (χ1) is 7.36. The fraction of sp³-hybridized carbons (Fsp3) is 0.500. The molecule has 0 aliphatic rings. The average molecular weight is 208 g/mol. The van der Waals surface area contributed by atoms with Gasteiger partial charge in [-0.2, -0.15) is 0 Å². The summed E-state index contributed by atoms with van der Waals surface area (Å²) in [6.45, 7) is 2.11. The Morgan fingerprint density at radius 1 is 1.07 bits per heavy atom. The van der Waals surface area contributed by atoms with Crippen LogP contribution >= 0.6 is 0 Å². The maximum absolute atomic E-state index is 5.09. The minimum atomic E-state index is 0.899. The van der Waals surface area contributed by atoms with Gasteiger partial charge in [0, 0.05) is 12.2 Å². The van der Waals surface area contributed by atoms with Crippen LogP contribution in [0, 0.1) is 0 Å². The lowest BCUT2D eigenvalue weighted by Gasteiger charge is -2.06. The number of hydrogen-bond donors (Lipinski definition) is 2. The van der Waals surface area contributed by atoms with E-state index in [4.69, 9.17) is 4.74 Å². The van der Waals surface area contributed by atoms with E-state index in [1.54, 1.807) is 7.11 Å². The molecule has 0 spiro atoms. The predicted octanol–water partition coefficient (Wildman–Crippen LogP) is 2.11. The second-order valence-electron chi connectivity index (χ2n) is 3.47. The van der Waals surface area contributed by atoms with Crippen molar-refractivity contribution in [1.29, 1.82) is 0 Å². The first kappa shape index (κ1) is 11.9. The largest absolute Gasteiger partial charge is 0.497 e. The summed E-state index contributed by atoms with van der Waals surface area (Å²) < 4.78 is 5.09. The molecule has 1 aromatic carbocycles. The number of unbranched alkanes of at least 4 members (excludes halogenated alkanes) is 1. The molecular weight excluding hydrogens is 188 g/mol. The summed E-state index contributed by atoms with van der Waals surface area (Å²) in [6, 6.07) is 8.01. The maximum atomic E-state index is 5.09. The third-order valence-corrected chi connectivity index (χ3v) is 2.27. The molecule has 2 N–H and O–H groups in total. The Morgan fingerprint density at radius 2 is 1.73 bits per heavy atom. The minimum absolute atomic E-state index is 0.899. The SMILES string of the molecule is CNCCCCNc1ccc(OC)cc1. The molecule has 1 rings (SSSR count). The van der Waals surface area contributed by atoms with Crippen molar-refractivity contribution < 1.29 is 4.74 Å². The summed E-state index contributed by atoms with van der Waals surface area (Å²) >= 11 is 0. The van der Waals surface area contributed by atoms with Gasteiger partial charge in [0.05, 0.1) is 7.11 Å². The number of anilines is 1. The van der Waals surface area contributed by atoms with Crippen LogP contribution in [0.4, 0.5) is 5.69 Å². The van der Waals surface area contributed by atoms with Crippen LogP contribution in [-0.2, 0) is 0 Å². The quantitative estimate of drug-likeness (QED) is 0.673. The molecule has 3 nitrogen and oxygen atoms in total. The van der Waals surface area contributed by atoms with E-state index in [-0.39, 0.29) is 0 Å². The first-order valence-corrected chi connectivity index (χ1v) is 5.39. The van der Waals surface area contributed by atoms with Crippen molar-refractivity contribution in [2.45, 2.75) is 12.8 Å². The molecule has 0 radical (unpaired) electrons. The maximum Gasteiger partial charge on any atom is 0.119 e. The van der Waals surface area contributed by atoms with Gasteiger partial charge in [-0.3, -0.25) is 0 Å². The Bertz CT molecular complexity index is 259. The van der Waals surface area contributed by atoms with Crippen molar-refractivity contribution in [2.75, 3.05) is 32.6 Å². The first-order valence-electron chi connectivity index (χ1n) is 5.39. The molecule has 0 unspecified atom stereocenters. The normalized spacial score (nSPS) is 10.0. The Balaban J connectivity index is 2.20. The van der Waals surface area contributed by atoms with Gasteiger partial charge in [0.15, 0.2) is 0 Å². The molecule has 1 aromatic rings. The lowest BCUT2D eigenvalue weighted by Crippen LogP contribution is -2.10. The lowest BCUT2D eigenvalue weighted by atomic mass is 10.2. The Kier molecular flexibility index (Phi) is 5.63. The third-order valence-electron chi connectivity index (χ3n) is 2.27. The molecule has 0 bridgehead atoms. The highest BCUT2D eigenvalue weighted by atomic mass is 16.5. The molecule has 0 amide bonds. The van der Waals surface area contributed by atoms with Gasteiger partial charge in [-0.05, 0) is 50.7 Å². The topological polar surface area (TPSA) is 33.3 Å². The molecule has 0 aromatic heterocycles. The van der Waals surface area contributed by atoms with Gasteiger partial charge in [0.25, 0.3) is 0 Å². The summed E-state index contributed by atoms with van der Waals surface area (Å²) in [4.78, 5) is 0. The molecule has 0 atom stereocenters. The zero-order chi connectivity index (χ0) is 10.9. The molecular formula is C12H20N2O. The standard InChI is InChI=1S/C12H20N2O/c1-13-9-3-4-10-14-11-5-7-12(15-2)8-6-11/h5-8,13-14H,3-4,9-10H2,1-2H3. The van der Waals surface area contributed by atoms with Crippen LogP contribution < -0.4 is 15.4 Å². The molecule has 3 heteroatoms. The number of ether oxygens (including phenoxy) is 1. The van der Waals surface area contributed by atoms with E-state index in [1.165, 1.54) is 12.8 Å². The Labute approximate surface area is 91.8 Å². The van der Waals surface area contributed by atoms with Crippen LogP contribution in [0.3, 0.4) is 0 Å². The molecule has 0 aliphatic carbocycles. The molecule has 0 fully saturated rings. The van der Waals surface area contributed by atoms with E-state index in [9.17, 15) is 0 Å². The molecule has 0 saturated heterocycles. The Hall–Kier alpha value is -1.22. The average Bonchev–Trinajstić information content (AvgIpc) is 2.30. The predicted molar refractivity (Wildman–Crippen MR) is 64.6 cm³/mol. The molecule has 0 saturated carbocycles. The van der Waals surface area contributed by atoms with Gasteiger partial charge in [-0.25, -0.2) is 0 Å². The monoisotopic (exact) mass is 208 g/mol. The fourth-order valence-electron chi connectivity index (χ4n) is 1.37. The zero-order valence-electron chi connectivity index (χ0n) is 9.55. The minimum Gasteiger partial charge on any atom is -0.497 e. The van der Waals surface area contributed by atoms with Gasteiger partial charge in [0.2, 0.25) is 0 Å². The highest BCUT2D eigenvalue weighted by Crippen LogP contribution is 2.14. The second-order valence-corrected chi connectivity index (χ2v) is 3.47. The lowest BCUT2D eigenvalue weighted by molar-refractivity contribution is 0.415. The fourth-order valence-corrected chi connectivity index (χ4v) is 1.37. The van der Waals surface area contributed by atoms with Crippen LogP contribution in [0.25, 0.3) is 0 Å². The summed E-state index contributed by atoms with van der Waals surface area (Å²) in [7, 11) is 3.66.